The average Bonchev–Trinajstić information content (AvgIpc) is 3.96. The fourth-order valence-electron chi connectivity index (χ4n) is 7.83. The number of piperidine rings is 1. The number of carbonyl (C=O) groups is 3. The van der Waals surface area contributed by atoms with Crippen molar-refractivity contribution < 1.29 is 23.9 Å². The standard InChI is InChI=1S/C41H58N4O5/c1-40(2,3)50-39(48)43-25-23-42(24-26-43)38(47)41(4,5)49-36-15-9-14-35(27-36)44-22-10-13-33(29-44)37(46)45(34-20-21-34)28-30-16-18-32(19-17-30)31-11-7-6-8-12-31/h9,14-19,27,31,33-34H,6-8,10-13,20-26,28-29H2,1-5H3/t33-/m1/s1. The molecule has 1 atom stereocenters. The summed E-state index contributed by atoms with van der Waals surface area (Å²) in [5, 5.41) is 0. The van der Waals surface area contributed by atoms with Gasteiger partial charge in [0.1, 0.15) is 11.4 Å². The predicted octanol–water partition coefficient (Wildman–Crippen LogP) is 7.38. The number of rotatable bonds is 9. The van der Waals surface area contributed by atoms with Crippen molar-refractivity contribution in [3.05, 3.63) is 59.7 Å². The molecule has 2 saturated carbocycles. The van der Waals surface area contributed by atoms with Crippen molar-refractivity contribution in [3.63, 3.8) is 0 Å². The van der Waals surface area contributed by atoms with Crippen molar-refractivity contribution in [1.29, 1.82) is 0 Å². The lowest BCUT2D eigenvalue weighted by Gasteiger charge is -2.39. The molecule has 50 heavy (non-hydrogen) atoms. The van der Waals surface area contributed by atoms with Crippen molar-refractivity contribution in [1.82, 2.24) is 14.7 Å². The van der Waals surface area contributed by atoms with E-state index in [1.54, 1.807) is 23.6 Å². The summed E-state index contributed by atoms with van der Waals surface area (Å²) in [5.74, 6) is 1.43. The molecule has 2 aromatic rings. The van der Waals surface area contributed by atoms with Crippen LogP contribution >= 0.6 is 0 Å². The number of nitrogens with zero attached hydrogens (tertiary/aromatic N) is 4. The van der Waals surface area contributed by atoms with Crippen LogP contribution in [0.1, 0.15) is 109 Å². The highest BCUT2D eigenvalue weighted by Crippen LogP contribution is 2.35. The van der Waals surface area contributed by atoms with Crippen LogP contribution in [0.3, 0.4) is 0 Å². The largest absolute Gasteiger partial charge is 0.478 e. The van der Waals surface area contributed by atoms with Gasteiger partial charge >= 0.3 is 6.09 Å². The van der Waals surface area contributed by atoms with Gasteiger partial charge in [-0.15, -0.1) is 0 Å². The van der Waals surface area contributed by atoms with Gasteiger partial charge in [-0.05, 0) is 102 Å². The Bertz CT molecular complexity index is 1480. The molecule has 9 nitrogen and oxygen atoms in total. The van der Waals surface area contributed by atoms with Crippen molar-refractivity contribution >= 4 is 23.6 Å². The minimum atomic E-state index is -1.09. The monoisotopic (exact) mass is 686 g/mol. The molecule has 4 fully saturated rings. The highest BCUT2D eigenvalue weighted by atomic mass is 16.6. The van der Waals surface area contributed by atoms with Crippen molar-refractivity contribution in [2.75, 3.05) is 44.2 Å². The third kappa shape index (κ3) is 9.12. The summed E-state index contributed by atoms with van der Waals surface area (Å²) in [7, 11) is 0. The maximum absolute atomic E-state index is 14.1. The smallest absolute Gasteiger partial charge is 0.410 e. The second kappa shape index (κ2) is 15.2. The lowest BCUT2D eigenvalue weighted by atomic mass is 9.84. The number of carbonyl (C=O) groups excluding carboxylic acids is 3. The summed E-state index contributed by atoms with van der Waals surface area (Å²) in [5.41, 5.74) is 2.04. The number of hydrogen-bond donors (Lipinski definition) is 0. The Kier molecular flexibility index (Phi) is 11.0. The van der Waals surface area contributed by atoms with Crippen molar-refractivity contribution in [2.24, 2.45) is 5.92 Å². The number of amides is 3. The zero-order valence-corrected chi connectivity index (χ0v) is 31.0. The maximum atomic E-state index is 14.1. The van der Waals surface area contributed by atoms with Gasteiger partial charge in [0.25, 0.3) is 5.91 Å². The first kappa shape index (κ1) is 36.1. The molecule has 0 radical (unpaired) electrons. The predicted molar refractivity (Wildman–Crippen MR) is 196 cm³/mol. The molecule has 0 aromatic heterocycles. The Morgan fingerprint density at radius 3 is 2.12 bits per heavy atom. The fraction of sp³-hybridized carbons (Fsp3) is 0.634. The van der Waals surface area contributed by atoms with E-state index in [1.165, 1.54) is 43.2 Å². The molecule has 4 aliphatic rings. The number of hydrogen-bond acceptors (Lipinski definition) is 6. The molecule has 2 saturated heterocycles. The Morgan fingerprint density at radius 2 is 1.46 bits per heavy atom. The van der Waals surface area contributed by atoms with Crippen LogP contribution in [0.5, 0.6) is 5.75 Å². The second-order valence-corrected chi connectivity index (χ2v) is 16.4. The van der Waals surface area contributed by atoms with Gasteiger partial charge in [-0.1, -0.05) is 49.6 Å². The molecule has 0 spiro atoms. The molecule has 272 valence electrons. The first-order valence-corrected chi connectivity index (χ1v) is 19.1. The molecule has 2 aliphatic carbocycles. The number of piperazine rings is 1. The molecule has 2 aliphatic heterocycles. The van der Waals surface area contributed by atoms with Crippen LogP contribution in [-0.4, -0.2) is 89.1 Å². The van der Waals surface area contributed by atoms with E-state index in [-0.39, 0.29) is 23.8 Å². The molecular formula is C41H58N4O5. The SMILES string of the molecule is CC(C)(C)OC(=O)N1CCN(C(=O)C(C)(C)Oc2cccc(N3CCC[C@@H](C(=O)N(Cc4ccc(C5CCCCC5)cc4)C4CC4)C3)c2)CC1. The van der Waals surface area contributed by atoms with Gasteiger partial charge in [-0.25, -0.2) is 4.79 Å². The van der Waals surface area contributed by atoms with Crippen LogP contribution in [0.15, 0.2) is 48.5 Å². The van der Waals surface area contributed by atoms with Crippen LogP contribution in [0.25, 0.3) is 0 Å². The Hall–Kier alpha value is -3.75. The number of anilines is 1. The van der Waals surface area contributed by atoms with E-state index in [2.05, 4.69) is 40.1 Å². The van der Waals surface area contributed by atoms with Crippen LogP contribution in [0.2, 0.25) is 0 Å². The number of benzene rings is 2. The van der Waals surface area contributed by atoms with E-state index in [0.29, 0.717) is 57.0 Å². The van der Waals surface area contributed by atoms with E-state index in [4.69, 9.17) is 9.47 Å². The van der Waals surface area contributed by atoms with Gasteiger partial charge in [-0.2, -0.15) is 0 Å². The molecule has 0 N–H and O–H groups in total. The molecule has 2 heterocycles. The quantitative estimate of drug-likeness (QED) is 0.274. The highest BCUT2D eigenvalue weighted by Gasteiger charge is 2.39. The zero-order chi connectivity index (χ0) is 35.5. The van der Waals surface area contributed by atoms with E-state index in [9.17, 15) is 14.4 Å². The molecular weight excluding hydrogens is 628 g/mol. The molecule has 2 aromatic carbocycles. The maximum Gasteiger partial charge on any atom is 0.410 e. The van der Waals surface area contributed by atoms with Crippen LogP contribution in [0, 0.1) is 5.92 Å². The topological polar surface area (TPSA) is 82.6 Å². The average molecular weight is 687 g/mol. The lowest BCUT2D eigenvalue weighted by molar-refractivity contribution is -0.147. The summed E-state index contributed by atoms with van der Waals surface area (Å²) in [6, 6.07) is 17.4. The third-order valence-electron chi connectivity index (χ3n) is 10.7. The second-order valence-electron chi connectivity index (χ2n) is 16.4. The normalized spacial score (nSPS) is 20.7. The Labute approximate surface area is 299 Å². The fourth-order valence-corrected chi connectivity index (χ4v) is 7.83. The summed E-state index contributed by atoms with van der Waals surface area (Å²) in [6.07, 6.45) is 10.3. The summed E-state index contributed by atoms with van der Waals surface area (Å²) >= 11 is 0. The Morgan fingerprint density at radius 1 is 0.780 bits per heavy atom. The third-order valence-corrected chi connectivity index (χ3v) is 10.7. The molecule has 0 bridgehead atoms. The minimum Gasteiger partial charge on any atom is -0.478 e. The first-order chi connectivity index (χ1) is 23.9. The summed E-state index contributed by atoms with van der Waals surface area (Å²) in [6.45, 7) is 13.1. The zero-order valence-electron chi connectivity index (χ0n) is 31.0. The van der Waals surface area contributed by atoms with E-state index in [0.717, 1.165) is 37.9 Å². The van der Waals surface area contributed by atoms with Crippen LogP contribution in [0.4, 0.5) is 10.5 Å². The first-order valence-electron chi connectivity index (χ1n) is 19.1. The van der Waals surface area contributed by atoms with Gasteiger partial charge < -0.3 is 29.1 Å². The molecule has 6 rings (SSSR count). The Balaban J connectivity index is 1.04. The highest BCUT2D eigenvalue weighted by molar-refractivity contribution is 5.85. The minimum absolute atomic E-state index is 0.0483. The van der Waals surface area contributed by atoms with Gasteiger partial charge in [0, 0.05) is 63.6 Å². The molecule has 9 heteroatoms. The molecule has 3 amide bonds. The van der Waals surface area contributed by atoms with E-state index < -0.39 is 11.2 Å². The summed E-state index contributed by atoms with van der Waals surface area (Å²) < 4.78 is 11.9. The van der Waals surface area contributed by atoms with Gasteiger partial charge in [0.05, 0.1) is 5.92 Å². The van der Waals surface area contributed by atoms with Gasteiger partial charge in [0.15, 0.2) is 5.60 Å². The molecule has 0 unspecified atom stereocenters. The van der Waals surface area contributed by atoms with E-state index >= 15 is 0 Å². The summed E-state index contributed by atoms with van der Waals surface area (Å²) in [4.78, 5) is 48.0. The van der Waals surface area contributed by atoms with E-state index in [1.807, 2.05) is 39.0 Å². The van der Waals surface area contributed by atoms with Gasteiger partial charge in [-0.3, -0.25) is 9.59 Å². The number of ether oxygens (including phenoxy) is 2. The van der Waals surface area contributed by atoms with Gasteiger partial charge in [0.2, 0.25) is 5.91 Å². The van der Waals surface area contributed by atoms with Crippen LogP contribution < -0.4 is 9.64 Å². The van der Waals surface area contributed by atoms with Crippen molar-refractivity contribution in [2.45, 2.75) is 122 Å². The van der Waals surface area contributed by atoms with Crippen LogP contribution in [-0.2, 0) is 20.9 Å². The lowest BCUT2D eigenvalue weighted by Crippen LogP contribution is -2.57. The van der Waals surface area contributed by atoms with Crippen molar-refractivity contribution in [3.8, 4) is 5.75 Å².